The molecule has 38 heavy (non-hydrogen) atoms. The molecule has 0 radical (unpaired) electrons. The molecule has 2 amide bonds. The zero-order valence-electron chi connectivity index (χ0n) is 19.8. The van der Waals surface area contributed by atoms with E-state index in [1.54, 1.807) is 66.7 Å². The Bertz CT molecular complexity index is 1520. The molecule has 12 heteroatoms. The number of aromatic nitrogens is 3. The highest BCUT2D eigenvalue weighted by Gasteiger charge is 2.21. The highest BCUT2D eigenvalue weighted by atomic mass is 35.5. The van der Waals surface area contributed by atoms with E-state index in [1.807, 2.05) is 0 Å². The maximum Gasteiger partial charge on any atom is 0.405 e. The summed E-state index contributed by atoms with van der Waals surface area (Å²) >= 11 is 12.2. The first kappa shape index (κ1) is 26.9. The number of carbonyl (C=O) groups excluding carboxylic acids is 1. The largest absolute Gasteiger partial charge is 0.465 e. The molecule has 4 rings (SSSR count). The van der Waals surface area contributed by atoms with Gasteiger partial charge in [-0.3, -0.25) is 9.36 Å². The summed E-state index contributed by atoms with van der Waals surface area (Å²) in [5.74, 6) is -0.845. The van der Waals surface area contributed by atoms with Crippen LogP contribution in [0.4, 0.5) is 9.18 Å². The third-order valence-corrected chi connectivity index (χ3v) is 6.28. The van der Waals surface area contributed by atoms with E-state index in [0.29, 0.717) is 21.2 Å². The lowest BCUT2D eigenvalue weighted by Gasteiger charge is -2.19. The summed E-state index contributed by atoms with van der Waals surface area (Å²) in [6, 6.07) is 18.5. The van der Waals surface area contributed by atoms with Crippen LogP contribution in [0.2, 0.25) is 10.0 Å². The van der Waals surface area contributed by atoms with Gasteiger partial charge in [0.2, 0.25) is 5.91 Å². The van der Waals surface area contributed by atoms with E-state index >= 15 is 0 Å². The molecule has 0 bridgehead atoms. The van der Waals surface area contributed by atoms with E-state index in [9.17, 15) is 23.9 Å². The second kappa shape index (κ2) is 11.9. The lowest BCUT2D eigenvalue weighted by atomic mass is 10.1. The number of amides is 2. The van der Waals surface area contributed by atoms with Crippen molar-refractivity contribution in [3.63, 3.8) is 0 Å². The quantitative estimate of drug-likeness (QED) is 0.283. The number of hydrogen-bond acceptors (Lipinski definition) is 4. The molecule has 3 N–H and O–H groups in total. The summed E-state index contributed by atoms with van der Waals surface area (Å²) < 4.78 is 16.6. The van der Waals surface area contributed by atoms with Crippen molar-refractivity contribution in [2.75, 3.05) is 6.54 Å². The lowest BCUT2D eigenvalue weighted by molar-refractivity contribution is -0.122. The zero-order chi connectivity index (χ0) is 27.2. The van der Waals surface area contributed by atoms with Crippen molar-refractivity contribution in [3.8, 4) is 11.4 Å². The Balaban J connectivity index is 1.58. The Kier molecular flexibility index (Phi) is 8.45. The number of benzene rings is 3. The van der Waals surface area contributed by atoms with Crippen LogP contribution >= 0.6 is 23.2 Å². The van der Waals surface area contributed by atoms with Crippen LogP contribution in [-0.2, 0) is 17.9 Å². The molecule has 0 aliphatic carbocycles. The van der Waals surface area contributed by atoms with Crippen LogP contribution in [0, 0.1) is 5.82 Å². The first-order valence-corrected chi connectivity index (χ1v) is 12.2. The lowest BCUT2D eigenvalue weighted by Crippen LogP contribution is -2.40. The van der Waals surface area contributed by atoms with Gasteiger partial charge in [-0.2, -0.15) is 0 Å². The van der Waals surface area contributed by atoms with Crippen molar-refractivity contribution < 1.29 is 19.1 Å². The topological polar surface area (TPSA) is 118 Å². The normalized spacial score (nSPS) is 11.7. The number of halogens is 3. The molecular formula is C26H22Cl2FN5O4. The van der Waals surface area contributed by atoms with Crippen LogP contribution in [0.3, 0.4) is 0 Å². The van der Waals surface area contributed by atoms with Gasteiger partial charge < -0.3 is 15.7 Å². The average Bonchev–Trinajstić information content (AvgIpc) is 3.18. The fraction of sp³-hybridized carbons (Fsp3) is 0.154. The average molecular weight is 558 g/mol. The molecule has 0 aliphatic rings. The van der Waals surface area contributed by atoms with Crippen molar-refractivity contribution in [3.05, 3.63) is 110 Å². The summed E-state index contributed by atoms with van der Waals surface area (Å²) in [6.45, 7) is -0.683. The van der Waals surface area contributed by atoms with Crippen molar-refractivity contribution in [1.82, 2.24) is 25.0 Å². The van der Waals surface area contributed by atoms with Crippen molar-refractivity contribution in [2.24, 2.45) is 0 Å². The first-order chi connectivity index (χ1) is 18.2. The van der Waals surface area contributed by atoms with Gasteiger partial charge in [0, 0.05) is 27.7 Å². The Hall–Kier alpha value is -4.15. The predicted octanol–water partition coefficient (Wildman–Crippen LogP) is 4.33. The van der Waals surface area contributed by atoms with Crippen LogP contribution in [0.25, 0.3) is 11.4 Å². The minimum Gasteiger partial charge on any atom is -0.465 e. The summed E-state index contributed by atoms with van der Waals surface area (Å²) in [6.07, 6.45) is -1.29. The smallest absolute Gasteiger partial charge is 0.405 e. The van der Waals surface area contributed by atoms with Crippen molar-refractivity contribution >= 4 is 35.2 Å². The van der Waals surface area contributed by atoms with E-state index in [-0.39, 0.29) is 24.5 Å². The van der Waals surface area contributed by atoms with Crippen LogP contribution in [-0.4, -0.2) is 38.0 Å². The minimum atomic E-state index is -1.29. The van der Waals surface area contributed by atoms with Gasteiger partial charge in [-0.25, -0.2) is 18.7 Å². The molecule has 4 aromatic rings. The van der Waals surface area contributed by atoms with Gasteiger partial charge >= 0.3 is 11.8 Å². The van der Waals surface area contributed by atoms with Gasteiger partial charge in [0.25, 0.3) is 0 Å². The fourth-order valence-corrected chi connectivity index (χ4v) is 4.24. The van der Waals surface area contributed by atoms with Crippen LogP contribution < -0.4 is 16.3 Å². The Labute approximate surface area is 226 Å². The van der Waals surface area contributed by atoms with Gasteiger partial charge in [-0.15, -0.1) is 5.10 Å². The van der Waals surface area contributed by atoms with Gasteiger partial charge in [-0.1, -0.05) is 59.6 Å². The molecule has 1 unspecified atom stereocenters. The molecule has 0 saturated carbocycles. The Morgan fingerprint density at radius 3 is 2.37 bits per heavy atom. The SMILES string of the molecule is O=C(O)NC(CNC(=O)Cn1nc(-c2ccc(Cl)cc2)n(Cc2ccccc2F)c1=O)c1ccccc1Cl. The highest BCUT2D eigenvalue weighted by Crippen LogP contribution is 2.23. The number of hydrogen-bond donors (Lipinski definition) is 3. The molecular weight excluding hydrogens is 536 g/mol. The second-order valence-electron chi connectivity index (χ2n) is 8.28. The molecule has 1 atom stereocenters. The molecule has 1 aromatic heterocycles. The molecule has 1 heterocycles. The highest BCUT2D eigenvalue weighted by molar-refractivity contribution is 6.31. The zero-order valence-corrected chi connectivity index (χ0v) is 21.3. The number of nitrogens with zero attached hydrogens (tertiary/aromatic N) is 3. The standard InChI is InChI=1S/C26H22Cl2FN5O4/c27-18-11-9-16(10-12-18)24-32-34(26(38)33(24)14-17-5-1-4-8-21(17)29)15-23(35)30-13-22(31-25(36)37)19-6-2-3-7-20(19)28/h1-12,22,31H,13-15H2,(H,30,35)(H,36,37). The first-order valence-electron chi connectivity index (χ1n) is 11.4. The molecule has 0 saturated heterocycles. The molecule has 0 aliphatic heterocycles. The number of rotatable bonds is 9. The molecule has 0 fully saturated rings. The molecule has 196 valence electrons. The third kappa shape index (κ3) is 6.39. The van der Waals surface area contributed by atoms with Crippen LogP contribution in [0.1, 0.15) is 17.2 Å². The van der Waals surface area contributed by atoms with Gasteiger partial charge in [0.05, 0.1) is 12.6 Å². The van der Waals surface area contributed by atoms with Gasteiger partial charge in [0.1, 0.15) is 12.4 Å². The van der Waals surface area contributed by atoms with E-state index in [1.165, 1.54) is 10.6 Å². The van der Waals surface area contributed by atoms with Crippen LogP contribution in [0.5, 0.6) is 0 Å². The molecule has 3 aromatic carbocycles. The van der Waals surface area contributed by atoms with Crippen molar-refractivity contribution in [2.45, 2.75) is 19.1 Å². The van der Waals surface area contributed by atoms with Crippen LogP contribution in [0.15, 0.2) is 77.6 Å². The Morgan fingerprint density at radius 2 is 1.68 bits per heavy atom. The van der Waals surface area contributed by atoms with Crippen molar-refractivity contribution in [1.29, 1.82) is 0 Å². The third-order valence-electron chi connectivity index (χ3n) is 5.69. The summed E-state index contributed by atoms with van der Waals surface area (Å²) in [5.41, 5.74) is 0.676. The maximum atomic E-state index is 14.4. The molecule has 9 nitrogen and oxygen atoms in total. The van der Waals surface area contributed by atoms with Gasteiger partial charge in [-0.05, 0) is 42.0 Å². The van der Waals surface area contributed by atoms with E-state index in [4.69, 9.17) is 23.2 Å². The fourth-order valence-electron chi connectivity index (χ4n) is 3.85. The Morgan fingerprint density at radius 1 is 1.00 bits per heavy atom. The van der Waals surface area contributed by atoms with E-state index in [2.05, 4.69) is 15.7 Å². The summed E-state index contributed by atoms with van der Waals surface area (Å²) in [5, 5.41) is 19.3. The summed E-state index contributed by atoms with van der Waals surface area (Å²) in [7, 11) is 0. The number of carboxylic acid groups (broad SMARTS) is 1. The number of nitrogens with one attached hydrogen (secondary N) is 2. The van der Waals surface area contributed by atoms with Gasteiger partial charge in [0.15, 0.2) is 5.82 Å². The predicted molar refractivity (Wildman–Crippen MR) is 141 cm³/mol. The second-order valence-corrected chi connectivity index (χ2v) is 9.12. The monoisotopic (exact) mass is 557 g/mol. The minimum absolute atomic E-state index is 0.109. The summed E-state index contributed by atoms with van der Waals surface area (Å²) in [4.78, 5) is 37.3. The molecule has 0 spiro atoms. The van der Waals surface area contributed by atoms with E-state index in [0.717, 1.165) is 4.68 Å². The van der Waals surface area contributed by atoms with E-state index < -0.39 is 36.1 Å². The number of carbonyl (C=O) groups is 2. The maximum absolute atomic E-state index is 14.4.